The topological polar surface area (TPSA) is 71.0 Å². The molecule has 0 aliphatic heterocycles. The molecule has 52 valence electrons. The molecule has 0 fully saturated rings. The van der Waals surface area contributed by atoms with E-state index in [-0.39, 0.29) is 6.61 Å². The van der Waals surface area contributed by atoms with Crippen LogP contribution in [0.5, 0.6) is 0 Å². The van der Waals surface area contributed by atoms with Gasteiger partial charge in [0.05, 0.1) is 18.9 Å². The van der Waals surface area contributed by atoms with Gasteiger partial charge in [0.1, 0.15) is 0 Å². The second kappa shape index (κ2) is 5.24. The molecule has 0 unspecified atom stereocenters. The Morgan fingerprint density at radius 3 is 2.89 bits per heavy atom. The third kappa shape index (κ3) is 4.96. The molecule has 4 nitrogen and oxygen atoms in total. The van der Waals surface area contributed by atoms with Gasteiger partial charge in [-0.25, -0.2) is 0 Å². The molecule has 0 saturated heterocycles. The normalized spacial score (nSPS) is 12.9. The largest absolute Gasteiger partial charge is 0.394 e. The molecular weight excluding hydrogens is 118 g/mol. The Morgan fingerprint density at radius 1 is 1.78 bits per heavy atom. The van der Waals surface area contributed by atoms with Crippen LogP contribution < -0.4 is 5.84 Å². The van der Waals surface area contributed by atoms with E-state index in [1.165, 1.54) is 6.21 Å². The van der Waals surface area contributed by atoms with E-state index in [0.717, 1.165) is 0 Å². The molecule has 0 rings (SSSR count). The fourth-order valence-electron chi connectivity index (χ4n) is 0.288. The van der Waals surface area contributed by atoms with Crippen molar-refractivity contribution in [3.63, 3.8) is 0 Å². The zero-order valence-electron chi connectivity index (χ0n) is 5.41. The summed E-state index contributed by atoms with van der Waals surface area (Å²) in [6.45, 7) is 2.21. The molecule has 0 atom stereocenters. The predicted molar refractivity (Wildman–Crippen MR) is 37.7 cm³/mol. The number of hydrazone groups is 1. The summed E-state index contributed by atoms with van der Waals surface area (Å²) in [5.74, 6) is 4.89. The molecule has 9 heavy (non-hydrogen) atoms. The Kier molecular flexibility index (Phi) is 4.72. The van der Waals surface area contributed by atoms with Crippen molar-refractivity contribution in [2.45, 2.75) is 6.92 Å². The van der Waals surface area contributed by atoms with E-state index in [1.54, 1.807) is 6.92 Å². The van der Waals surface area contributed by atoms with E-state index in [4.69, 9.17) is 10.9 Å². The molecule has 0 heterocycles. The first-order valence-corrected chi connectivity index (χ1v) is 2.66. The lowest BCUT2D eigenvalue weighted by molar-refractivity contribution is 0.307. The predicted octanol–water partition coefficient (Wildman–Crippen LogP) is -0.616. The van der Waals surface area contributed by atoms with Gasteiger partial charge in [0, 0.05) is 6.21 Å². The van der Waals surface area contributed by atoms with Crippen LogP contribution >= 0.6 is 0 Å². The lowest BCUT2D eigenvalue weighted by Gasteiger charge is -1.85. The Hall–Kier alpha value is -0.900. The van der Waals surface area contributed by atoms with Gasteiger partial charge in [-0.2, -0.15) is 5.10 Å². The van der Waals surface area contributed by atoms with Crippen LogP contribution in [0.4, 0.5) is 0 Å². The van der Waals surface area contributed by atoms with Gasteiger partial charge >= 0.3 is 0 Å². The minimum atomic E-state index is 0.0638. The van der Waals surface area contributed by atoms with Crippen LogP contribution in [0.15, 0.2) is 10.1 Å². The van der Waals surface area contributed by atoms with E-state index >= 15 is 0 Å². The number of hydrogen-bond acceptors (Lipinski definition) is 4. The highest BCUT2D eigenvalue weighted by atomic mass is 16.3. The van der Waals surface area contributed by atoms with Crippen LogP contribution in [0.2, 0.25) is 0 Å². The van der Waals surface area contributed by atoms with Crippen molar-refractivity contribution in [2.24, 2.45) is 15.9 Å². The maximum Gasteiger partial charge on any atom is 0.0747 e. The molecular formula is C5H11N3O. The van der Waals surface area contributed by atoms with Crippen LogP contribution in [-0.2, 0) is 0 Å². The third-order valence-electron chi connectivity index (χ3n) is 0.711. The van der Waals surface area contributed by atoms with Crippen LogP contribution in [0.1, 0.15) is 6.92 Å². The highest BCUT2D eigenvalue weighted by molar-refractivity contribution is 6.29. The highest BCUT2D eigenvalue weighted by Gasteiger charge is 1.78. The van der Waals surface area contributed by atoms with Crippen molar-refractivity contribution < 1.29 is 5.11 Å². The summed E-state index contributed by atoms with van der Waals surface area (Å²) in [4.78, 5) is 3.77. The van der Waals surface area contributed by atoms with Crippen molar-refractivity contribution in [1.82, 2.24) is 0 Å². The van der Waals surface area contributed by atoms with Gasteiger partial charge in [0.2, 0.25) is 0 Å². The first-order valence-electron chi connectivity index (χ1n) is 2.66. The molecule has 0 aliphatic rings. The van der Waals surface area contributed by atoms with E-state index in [2.05, 4.69) is 10.1 Å². The monoisotopic (exact) mass is 129 g/mol. The van der Waals surface area contributed by atoms with Gasteiger partial charge in [-0.05, 0) is 6.92 Å². The van der Waals surface area contributed by atoms with E-state index in [9.17, 15) is 0 Å². The SMILES string of the molecule is CC(C=NCCO)=NN. The summed E-state index contributed by atoms with van der Waals surface area (Å²) >= 11 is 0. The maximum atomic E-state index is 8.27. The summed E-state index contributed by atoms with van der Waals surface area (Å²) in [6.07, 6.45) is 1.52. The Balaban J connectivity index is 3.45. The lowest BCUT2D eigenvalue weighted by Crippen LogP contribution is -1.98. The summed E-state index contributed by atoms with van der Waals surface area (Å²) in [5, 5.41) is 11.6. The van der Waals surface area contributed by atoms with Gasteiger partial charge < -0.3 is 10.9 Å². The first kappa shape index (κ1) is 8.10. The average molecular weight is 129 g/mol. The molecule has 0 aromatic rings. The number of aliphatic imine (C=N–C) groups is 1. The first-order chi connectivity index (χ1) is 4.31. The van der Waals surface area contributed by atoms with E-state index < -0.39 is 0 Å². The third-order valence-corrected chi connectivity index (χ3v) is 0.711. The van der Waals surface area contributed by atoms with E-state index in [1.807, 2.05) is 0 Å². The second-order valence-corrected chi connectivity index (χ2v) is 1.53. The molecule has 0 aliphatic carbocycles. The van der Waals surface area contributed by atoms with Crippen molar-refractivity contribution >= 4 is 11.9 Å². The van der Waals surface area contributed by atoms with Crippen LogP contribution in [0, 0.1) is 0 Å². The van der Waals surface area contributed by atoms with Gasteiger partial charge in [-0.3, -0.25) is 4.99 Å². The molecule has 0 aromatic carbocycles. The zero-order valence-corrected chi connectivity index (χ0v) is 5.41. The molecule has 0 amide bonds. The minimum absolute atomic E-state index is 0.0638. The Bertz CT molecular complexity index is 119. The smallest absolute Gasteiger partial charge is 0.0747 e. The number of aliphatic hydroxyl groups is 1. The molecule has 0 bridgehead atoms. The number of aliphatic hydroxyl groups excluding tert-OH is 1. The number of nitrogens with zero attached hydrogens (tertiary/aromatic N) is 2. The highest BCUT2D eigenvalue weighted by Crippen LogP contribution is 1.68. The van der Waals surface area contributed by atoms with Gasteiger partial charge in [-0.1, -0.05) is 0 Å². The van der Waals surface area contributed by atoms with Crippen molar-refractivity contribution in [3.05, 3.63) is 0 Å². The summed E-state index contributed by atoms with van der Waals surface area (Å²) < 4.78 is 0. The van der Waals surface area contributed by atoms with Crippen molar-refractivity contribution in [3.8, 4) is 0 Å². The van der Waals surface area contributed by atoms with E-state index in [0.29, 0.717) is 12.3 Å². The summed E-state index contributed by atoms with van der Waals surface area (Å²) in [7, 11) is 0. The summed E-state index contributed by atoms with van der Waals surface area (Å²) in [5.41, 5.74) is 0.656. The number of nitrogens with two attached hydrogens (primary N) is 1. The van der Waals surface area contributed by atoms with Crippen LogP contribution in [0.3, 0.4) is 0 Å². The number of rotatable bonds is 3. The second-order valence-electron chi connectivity index (χ2n) is 1.53. The Morgan fingerprint density at radius 2 is 2.44 bits per heavy atom. The molecule has 0 spiro atoms. The standard InChI is InChI=1S/C5H11N3O/c1-5(8-6)4-7-2-3-9/h4,9H,2-3,6H2,1H3. The minimum Gasteiger partial charge on any atom is -0.394 e. The average Bonchev–Trinajstić information content (AvgIpc) is 1.89. The van der Waals surface area contributed by atoms with Crippen molar-refractivity contribution in [1.29, 1.82) is 0 Å². The van der Waals surface area contributed by atoms with Gasteiger partial charge in [0.15, 0.2) is 0 Å². The molecule has 3 N–H and O–H groups in total. The fraction of sp³-hybridized carbons (Fsp3) is 0.600. The quantitative estimate of drug-likeness (QED) is 0.303. The lowest BCUT2D eigenvalue weighted by atomic mass is 10.5. The fourth-order valence-corrected chi connectivity index (χ4v) is 0.288. The molecule has 0 saturated carbocycles. The van der Waals surface area contributed by atoms with Crippen molar-refractivity contribution in [2.75, 3.05) is 13.2 Å². The van der Waals surface area contributed by atoms with Gasteiger partial charge in [0.25, 0.3) is 0 Å². The summed E-state index contributed by atoms with van der Waals surface area (Å²) in [6, 6.07) is 0. The number of hydrogen-bond donors (Lipinski definition) is 2. The molecule has 4 heteroatoms. The molecule has 0 radical (unpaired) electrons. The molecule has 0 aromatic heterocycles. The zero-order chi connectivity index (χ0) is 7.11. The van der Waals surface area contributed by atoms with Crippen LogP contribution in [-0.4, -0.2) is 30.2 Å². The maximum absolute atomic E-state index is 8.27. The van der Waals surface area contributed by atoms with Gasteiger partial charge in [-0.15, -0.1) is 0 Å². The van der Waals surface area contributed by atoms with Crippen LogP contribution in [0.25, 0.3) is 0 Å². The Labute approximate surface area is 54.1 Å².